The molecule has 0 aromatic heterocycles. The highest BCUT2D eigenvalue weighted by atomic mass is 16.5. The van der Waals surface area contributed by atoms with Crippen LogP contribution in [0.3, 0.4) is 0 Å². The maximum Gasteiger partial charge on any atom is 0.125 e. The molecule has 0 saturated carbocycles. The zero-order valence-electron chi connectivity index (χ0n) is 12.3. The van der Waals surface area contributed by atoms with Gasteiger partial charge < -0.3 is 9.84 Å². The van der Waals surface area contributed by atoms with Crippen LogP contribution in [0.4, 0.5) is 0 Å². The molecule has 0 unspecified atom stereocenters. The van der Waals surface area contributed by atoms with Gasteiger partial charge in [0.1, 0.15) is 11.5 Å². The van der Waals surface area contributed by atoms with E-state index in [9.17, 15) is 5.11 Å². The monoisotopic (exact) mass is 250 g/mol. The van der Waals surface area contributed by atoms with E-state index in [-0.39, 0.29) is 5.41 Å². The summed E-state index contributed by atoms with van der Waals surface area (Å²) in [7, 11) is 1.70. The van der Waals surface area contributed by atoms with Crippen LogP contribution in [-0.4, -0.2) is 12.2 Å². The second-order valence-electron chi connectivity index (χ2n) is 5.68. The van der Waals surface area contributed by atoms with Gasteiger partial charge in [0.2, 0.25) is 0 Å². The molecule has 0 aliphatic heterocycles. The lowest BCUT2D eigenvalue weighted by Gasteiger charge is -2.28. The first-order valence-corrected chi connectivity index (χ1v) is 6.80. The van der Waals surface area contributed by atoms with Crippen molar-refractivity contribution in [2.24, 2.45) is 0 Å². The molecule has 0 radical (unpaired) electrons. The van der Waals surface area contributed by atoms with Crippen molar-refractivity contribution in [1.29, 1.82) is 0 Å². The summed E-state index contributed by atoms with van der Waals surface area (Å²) in [6.45, 7) is 8.63. The minimum atomic E-state index is 0.0318. The summed E-state index contributed by atoms with van der Waals surface area (Å²) in [6.07, 6.45) is 4.80. The van der Waals surface area contributed by atoms with Crippen LogP contribution < -0.4 is 4.74 Å². The van der Waals surface area contributed by atoms with Crippen LogP contribution in [0.25, 0.3) is 0 Å². The van der Waals surface area contributed by atoms with Crippen LogP contribution in [0, 0.1) is 6.92 Å². The van der Waals surface area contributed by atoms with Crippen molar-refractivity contribution in [3.8, 4) is 11.5 Å². The lowest BCUT2D eigenvalue weighted by atomic mass is 9.78. The Hall–Kier alpha value is -1.18. The van der Waals surface area contributed by atoms with Crippen LogP contribution in [0.1, 0.15) is 57.6 Å². The first-order chi connectivity index (χ1) is 8.42. The standard InChI is InChI=1S/C16H26O2/c1-6-7-8-9-16(3,4)14-11-13(17)10-12(2)15(14)18-5/h10-11,17H,6-9H2,1-5H3. The van der Waals surface area contributed by atoms with Gasteiger partial charge in [-0.3, -0.25) is 0 Å². The Morgan fingerprint density at radius 2 is 1.89 bits per heavy atom. The van der Waals surface area contributed by atoms with E-state index in [2.05, 4.69) is 20.8 Å². The van der Waals surface area contributed by atoms with Gasteiger partial charge in [0.15, 0.2) is 0 Å². The van der Waals surface area contributed by atoms with E-state index in [0.717, 1.165) is 23.3 Å². The molecule has 0 spiro atoms. The fourth-order valence-electron chi connectivity index (χ4n) is 2.48. The molecule has 1 N–H and O–H groups in total. The molecule has 0 saturated heterocycles. The molecule has 1 aromatic carbocycles. The molecule has 0 heterocycles. The van der Waals surface area contributed by atoms with E-state index in [0.29, 0.717) is 5.75 Å². The Morgan fingerprint density at radius 1 is 1.22 bits per heavy atom. The highest BCUT2D eigenvalue weighted by Gasteiger charge is 2.25. The molecule has 2 nitrogen and oxygen atoms in total. The number of hydrogen-bond acceptors (Lipinski definition) is 2. The fourth-order valence-corrected chi connectivity index (χ4v) is 2.48. The largest absolute Gasteiger partial charge is 0.508 e. The van der Waals surface area contributed by atoms with Gasteiger partial charge in [-0.2, -0.15) is 0 Å². The third kappa shape index (κ3) is 3.41. The van der Waals surface area contributed by atoms with Gasteiger partial charge >= 0.3 is 0 Å². The van der Waals surface area contributed by atoms with Crippen LogP contribution >= 0.6 is 0 Å². The third-order valence-electron chi connectivity index (χ3n) is 3.60. The number of aromatic hydroxyl groups is 1. The highest BCUT2D eigenvalue weighted by molar-refractivity contribution is 5.49. The molecule has 1 aromatic rings. The molecule has 18 heavy (non-hydrogen) atoms. The van der Waals surface area contributed by atoms with Crippen LogP contribution in [0.2, 0.25) is 0 Å². The number of aryl methyl sites for hydroxylation is 1. The molecular weight excluding hydrogens is 224 g/mol. The lowest BCUT2D eigenvalue weighted by Crippen LogP contribution is -2.18. The number of phenols is 1. The molecule has 1 rings (SSSR count). The minimum absolute atomic E-state index is 0.0318. The van der Waals surface area contributed by atoms with E-state index in [4.69, 9.17) is 4.74 Å². The van der Waals surface area contributed by atoms with Gasteiger partial charge in [0.25, 0.3) is 0 Å². The summed E-state index contributed by atoms with van der Waals surface area (Å²) in [5.74, 6) is 1.24. The smallest absolute Gasteiger partial charge is 0.125 e. The van der Waals surface area contributed by atoms with Crippen molar-refractivity contribution in [2.45, 2.75) is 58.8 Å². The number of unbranched alkanes of at least 4 members (excludes halogenated alkanes) is 2. The summed E-state index contributed by atoms with van der Waals surface area (Å²) in [5, 5.41) is 9.79. The van der Waals surface area contributed by atoms with Crippen molar-refractivity contribution in [2.75, 3.05) is 7.11 Å². The van der Waals surface area contributed by atoms with Gasteiger partial charge in [-0.25, -0.2) is 0 Å². The second kappa shape index (κ2) is 6.12. The predicted octanol–water partition coefficient (Wildman–Crippen LogP) is 4.57. The van der Waals surface area contributed by atoms with Crippen molar-refractivity contribution in [3.05, 3.63) is 23.3 Å². The van der Waals surface area contributed by atoms with E-state index >= 15 is 0 Å². The van der Waals surface area contributed by atoms with Gasteiger partial charge in [-0.1, -0.05) is 40.0 Å². The number of methoxy groups -OCH3 is 1. The summed E-state index contributed by atoms with van der Waals surface area (Å²) in [4.78, 5) is 0. The van der Waals surface area contributed by atoms with E-state index in [1.165, 1.54) is 19.3 Å². The summed E-state index contributed by atoms with van der Waals surface area (Å²) < 4.78 is 5.51. The molecule has 0 bridgehead atoms. The lowest BCUT2D eigenvalue weighted by molar-refractivity contribution is 0.373. The third-order valence-corrected chi connectivity index (χ3v) is 3.60. The quantitative estimate of drug-likeness (QED) is 0.749. The number of hydrogen-bond donors (Lipinski definition) is 1. The molecule has 2 heteroatoms. The van der Waals surface area contributed by atoms with Gasteiger partial charge in [0.05, 0.1) is 7.11 Å². The predicted molar refractivity (Wildman–Crippen MR) is 76.6 cm³/mol. The molecule has 0 aliphatic carbocycles. The van der Waals surface area contributed by atoms with Crippen LogP contribution in [-0.2, 0) is 5.41 Å². The number of phenolic OH excluding ortho intramolecular Hbond substituents is 1. The Kier molecular flexibility index (Phi) is 5.06. The number of rotatable bonds is 6. The highest BCUT2D eigenvalue weighted by Crippen LogP contribution is 2.39. The van der Waals surface area contributed by atoms with Crippen LogP contribution in [0.5, 0.6) is 11.5 Å². The molecular formula is C16H26O2. The molecule has 0 fully saturated rings. The molecule has 0 atom stereocenters. The zero-order chi connectivity index (χ0) is 13.8. The number of benzene rings is 1. The summed E-state index contributed by atoms with van der Waals surface area (Å²) in [5.41, 5.74) is 2.14. The van der Waals surface area contributed by atoms with Crippen molar-refractivity contribution >= 4 is 0 Å². The Morgan fingerprint density at radius 3 is 2.44 bits per heavy atom. The minimum Gasteiger partial charge on any atom is -0.508 e. The Balaban J connectivity index is 3.05. The van der Waals surface area contributed by atoms with E-state index in [1.54, 1.807) is 13.2 Å². The summed E-state index contributed by atoms with van der Waals surface area (Å²) >= 11 is 0. The van der Waals surface area contributed by atoms with Gasteiger partial charge in [-0.05, 0) is 36.5 Å². The van der Waals surface area contributed by atoms with Gasteiger partial charge in [-0.15, -0.1) is 0 Å². The Bertz CT molecular complexity index is 394. The van der Waals surface area contributed by atoms with Crippen LogP contribution in [0.15, 0.2) is 12.1 Å². The maximum absolute atomic E-state index is 9.79. The first kappa shape index (κ1) is 14.9. The normalized spacial score (nSPS) is 11.6. The van der Waals surface area contributed by atoms with E-state index in [1.807, 2.05) is 13.0 Å². The Labute approximate surface area is 111 Å². The summed E-state index contributed by atoms with van der Waals surface area (Å²) in [6, 6.07) is 3.60. The molecule has 102 valence electrons. The second-order valence-corrected chi connectivity index (χ2v) is 5.68. The molecule has 0 amide bonds. The topological polar surface area (TPSA) is 29.5 Å². The zero-order valence-corrected chi connectivity index (χ0v) is 12.3. The van der Waals surface area contributed by atoms with Crippen molar-refractivity contribution in [1.82, 2.24) is 0 Å². The SMILES string of the molecule is CCCCCC(C)(C)c1cc(O)cc(C)c1OC. The average Bonchev–Trinajstić information content (AvgIpc) is 2.28. The maximum atomic E-state index is 9.79. The molecule has 0 aliphatic rings. The fraction of sp³-hybridized carbons (Fsp3) is 0.625. The first-order valence-electron chi connectivity index (χ1n) is 6.80. The van der Waals surface area contributed by atoms with Crippen molar-refractivity contribution < 1.29 is 9.84 Å². The van der Waals surface area contributed by atoms with Gasteiger partial charge in [0, 0.05) is 5.56 Å². The van der Waals surface area contributed by atoms with E-state index < -0.39 is 0 Å². The number of ether oxygens (including phenoxy) is 1. The van der Waals surface area contributed by atoms with Crippen molar-refractivity contribution in [3.63, 3.8) is 0 Å². The average molecular weight is 250 g/mol.